The molecule has 0 aromatic rings. The predicted octanol–water partition coefficient (Wildman–Crippen LogP) is 1.18. The first-order valence-electron chi connectivity index (χ1n) is 6.72. The van der Waals surface area contributed by atoms with E-state index in [0.717, 1.165) is 26.1 Å². The Morgan fingerprint density at radius 3 is 2.17 bits per heavy atom. The van der Waals surface area contributed by atoms with E-state index >= 15 is 0 Å². The molecule has 0 aliphatic carbocycles. The maximum absolute atomic E-state index is 11.6. The number of carbonyl (C=O) groups is 2. The van der Waals surface area contributed by atoms with Crippen molar-refractivity contribution in [1.82, 2.24) is 9.80 Å². The number of likely N-dealkylation sites (N-methyl/N-ethyl adjacent to an activating group) is 1. The number of piperidine rings is 1. The van der Waals surface area contributed by atoms with Crippen molar-refractivity contribution in [2.45, 2.75) is 45.6 Å². The van der Waals surface area contributed by atoms with E-state index in [2.05, 4.69) is 11.8 Å². The molecule has 1 N–H and O–H groups in total. The van der Waals surface area contributed by atoms with Gasteiger partial charge in [0.1, 0.15) is 5.54 Å². The van der Waals surface area contributed by atoms with Gasteiger partial charge < -0.3 is 14.9 Å². The Morgan fingerprint density at radius 2 is 1.83 bits per heavy atom. The molecule has 18 heavy (non-hydrogen) atoms. The van der Waals surface area contributed by atoms with Gasteiger partial charge in [0.15, 0.2) is 0 Å². The van der Waals surface area contributed by atoms with Crippen molar-refractivity contribution in [2.24, 2.45) is 0 Å². The minimum Gasteiger partial charge on any atom is -0.479 e. The third kappa shape index (κ3) is 2.83. The van der Waals surface area contributed by atoms with Gasteiger partial charge in [0.2, 0.25) is 5.91 Å². The first-order chi connectivity index (χ1) is 8.47. The Hall–Kier alpha value is -1.10. The van der Waals surface area contributed by atoms with Gasteiger partial charge in [-0.15, -0.1) is 0 Å². The van der Waals surface area contributed by atoms with Crippen molar-refractivity contribution in [2.75, 3.05) is 26.2 Å². The van der Waals surface area contributed by atoms with Gasteiger partial charge >= 0.3 is 5.97 Å². The lowest BCUT2D eigenvalue weighted by Crippen LogP contribution is -2.61. The second-order valence-corrected chi connectivity index (χ2v) is 4.94. The molecular weight excluding hydrogens is 232 g/mol. The third-order valence-corrected chi connectivity index (χ3v) is 3.83. The normalized spacial score (nSPS) is 19.5. The molecule has 1 aliphatic heterocycles. The first-order valence-corrected chi connectivity index (χ1v) is 6.72. The fourth-order valence-corrected chi connectivity index (χ4v) is 2.89. The van der Waals surface area contributed by atoms with Gasteiger partial charge in [-0.05, 0) is 32.7 Å². The predicted molar refractivity (Wildman–Crippen MR) is 69.4 cm³/mol. The zero-order valence-corrected chi connectivity index (χ0v) is 11.6. The summed E-state index contributed by atoms with van der Waals surface area (Å²) in [7, 11) is 0. The molecule has 0 atom stereocenters. The minimum absolute atomic E-state index is 0.149. The average molecular weight is 256 g/mol. The van der Waals surface area contributed by atoms with Gasteiger partial charge in [0, 0.05) is 26.6 Å². The Labute approximate surface area is 109 Å². The molecule has 104 valence electrons. The highest BCUT2D eigenvalue weighted by Gasteiger charge is 2.46. The molecule has 1 aliphatic rings. The van der Waals surface area contributed by atoms with E-state index in [0.29, 0.717) is 19.4 Å². The van der Waals surface area contributed by atoms with Crippen LogP contribution in [0.4, 0.5) is 0 Å². The number of nitrogens with zero attached hydrogens (tertiary/aromatic N) is 2. The Bertz CT molecular complexity index is 309. The fourth-order valence-electron chi connectivity index (χ4n) is 2.89. The van der Waals surface area contributed by atoms with Crippen molar-refractivity contribution in [3.8, 4) is 0 Å². The number of hydrogen-bond acceptors (Lipinski definition) is 3. The van der Waals surface area contributed by atoms with Gasteiger partial charge in [0.25, 0.3) is 0 Å². The SMILES string of the molecule is CCCN1CCC(C(=O)O)(N(CC)C(C)=O)CC1. The van der Waals surface area contributed by atoms with E-state index in [1.165, 1.54) is 11.8 Å². The summed E-state index contributed by atoms with van der Waals surface area (Å²) in [6.45, 7) is 8.37. The highest BCUT2D eigenvalue weighted by molar-refractivity contribution is 5.86. The summed E-state index contributed by atoms with van der Waals surface area (Å²) in [5.41, 5.74) is -0.995. The second-order valence-electron chi connectivity index (χ2n) is 4.94. The van der Waals surface area contributed by atoms with Crippen LogP contribution in [-0.4, -0.2) is 58.5 Å². The maximum Gasteiger partial charge on any atom is 0.329 e. The fraction of sp³-hybridized carbons (Fsp3) is 0.846. The van der Waals surface area contributed by atoms with Crippen LogP contribution in [-0.2, 0) is 9.59 Å². The summed E-state index contributed by atoms with van der Waals surface area (Å²) in [5.74, 6) is -1.01. The number of carboxylic acid groups (broad SMARTS) is 1. The van der Waals surface area contributed by atoms with Crippen LogP contribution < -0.4 is 0 Å². The van der Waals surface area contributed by atoms with Crippen LogP contribution in [0.1, 0.15) is 40.0 Å². The molecule has 1 saturated heterocycles. The molecule has 5 nitrogen and oxygen atoms in total. The standard InChI is InChI=1S/C13H24N2O3/c1-4-8-14-9-6-13(7-10-14,12(17)18)15(5-2)11(3)16/h4-10H2,1-3H3,(H,17,18). The summed E-state index contributed by atoms with van der Waals surface area (Å²) in [6.07, 6.45) is 2.12. The number of carboxylic acids is 1. The third-order valence-electron chi connectivity index (χ3n) is 3.83. The molecule has 0 spiro atoms. The summed E-state index contributed by atoms with van der Waals surface area (Å²) in [4.78, 5) is 27.1. The van der Waals surface area contributed by atoms with Gasteiger partial charge in [0.05, 0.1) is 0 Å². The van der Waals surface area contributed by atoms with Crippen LogP contribution in [0.25, 0.3) is 0 Å². The van der Waals surface area contributed by atoms with Gasteiger partial charge in [-0.25, -0.2) is 4.79 Å². The van der Waals surface area contributed by atoms with Crippen molar-refractivity contribution in [3.05, 3.63) is 0 Å². The molecule has 1 amide bonds. The lowest BCUT2D eigenvalue weighted by atomic mass is 9.85. The lowest BCUT2D eigenvalue weighted by Gasteiger charge is -2.45. The molecule has 0 bridgehead atoms. The smallest absolute Gasteiger partial charge is 0.329 e. The molecule has 0 aromatic carbocycles. The van der Waals surface area contributed by atoms with E-state index in [4.69, 9.17) is 0 Å². The van der Waals surface area contributed by atoms with Crippen LogP contribution in [0.5, 0.6) is 0 Å². The summed E-state index contributed by atoms with van der Waals surface area (Å²) in [5, 5.41) is 9.54. The molecule has 5 heteroatoms. The zero-order chi connectivity index (χ0) is 13.8. The van der Waals surface area contributed by atoms with Crippen molar-refractivity contribution < 1.29 is 14.7 Å². The van der Waals surface area contributed by atoms with Gasteiger partial charge in [-0.3, -0.25) is 4.79 Å². The maximum atomic E-state index is 11.6. The van der Waals surface area contributed by atoms with Crippen molar-refractivity contribution in [1.29, 1.82) is 0 Å². The number of hydrogen-bond donors (Lipinski definition) is 1. The van der Waals surface area contributed by atoms with Crippen LogP contribution in [0.2, 0.25) is 0 Å². The number of aliphatic carboxylic acids is 1. The lowest BCUT2D eigenvalue weighted by molar-refractivity contribution is -0.162. The summed E-state index contributed by atoms with van der Waals surface area (Å²) in [6, 6.07) is 0. The van der Waals surface area contributed by atoms with Crippen LogP contribution >= 0.6 is 0 Å². The van der Waals surface area contributed by atoms with E-state index in [1.807, 2.05) is 6.92 Å². The Balaban J connectivity index is 2.85. The number of amides is 1. The number of likely N-dealkylation sites (tertiary alicyclic amines) is 1. The van der Waals surface area contributed by atoms with E-state index in [1.54, 1.807) is 0 Å². The second kappa shape index (κ2) is 6.18. The van der Waals surface area contributed by atoms with Gasteiger partial charge in [-0.2, -0.15) is 0 Å². The average Bonchev–Trinajstić information content (AvgIpc) is 2.32. The summed E-state index contributed by atoms with van der Waals surface area (Å²) < 4.78 is 0. The molecule has 0 aromatic heterocycles. The highest BCUT2D eigenvalue weighted by Crippen LogP contribution is 2.29. The van der Waals surface area contributed by atoms with Crippen LogP contribution in [0.3, 0.4) is 0 Å². The van der Waals surface area contributed by atoms with Gasteiger partial charge in [-0.1, -0.05) is 6.92 Å². The van der Waals surface area contributed by atoms with Crippen LogP contribution in [0, 0.1) is 0 Å². The topological polar surface area (TPSA) is 60.9 Å². The zero-order valence-electron chi connectivity index (χ0n) is 11.6. The van der Waals surface area contributed by atoms with E-state index in [-0.39, 0.29) is 5.91 Å². The monoisotopic (exact) mass is 256 g/mol. The molecule has 0 radical (unpaired) electrons. The summed E-state index contributed by atoms with van der Waals surface area (Å²) >= 11 is 0. The molecule has 1 heterocycles. The van der Waals surface area contributed by atoms with Crippen molar-refractivity contribution >= 4 is 11.9 Å². The number of rotatable bonds is 5. The molecule has 1 fully saturated rings. The first kappa shape index (κ1) is 15.0. The molecule has 0 saturated carbocycles. The van der Waals surface area contributed by atoms with Crippen molar-refractivity contribution in [3.63, 3.8) is 0 Å². The molecule has 1 rings (SSSR count). The highest BCUT2D eigenvalue weighted by atomic mass is 16.4. The Morgan fingerprint density at radius 1 is 1.28 bits per heavy atom. The largest absolute Gasteiger partial charge is 0.479 e. The molecule has 0 unspecified atom stereocenters. The number of carbonyl (C=O) groups excluding carboxylic acids is 1. The quantitative estimate of drug-likeness (QED) is 0.802. The van der Waals surface area contributed by atoms with E-state index < -0.39 is 11.5 Å². The van der Waals surface area contributed by atoms with Crippen LogP contribution in [0.15, 0.2) is 0 Å². The molecular formula is C13H24N2O3. The Kier molecular flexibility index (Phi) is 5.14. The minimum atomic E-state index is -0.995. The van der Waals surface area contributed by atoms with E-state index in [9.17, 15) is 14.7 Å².